The highest BCUT2D eigenvalue weighted by molar-refractivity contribution is 6.06. The first kappa shape index (κ1) is 18.4. The molecule has 4 nitrogen and oxygen atoms in total. The predicted octanol–water partition coefficient (Wildman–Crippen LogP) is 4.59. The molecule has 132 valence electrons. The summed E-state index contributed by atoms with van der Waals surface area (Å²) in [6, 6.07) is 11.2. The lowest BCUT2D eigenvalue weighted by molar-refractivity contribution is -0.0514. The number of carbonyl (C=O) groups is 1. The van der Waals surface area contributed by atoms with Gasteiger partial charge in [-0.2, -0.15) is 8.78 Å². The summed E-state index contributed by atoms with van der Waals surface area (Å²) in [7, 11) is 1.55. The maximum atomic E-state index is 12.4. The first-order chi connectivity index (χ1) is 12.0. The Balaban J connectivity index is 2.15. The maximum absolute atomic E-state index is 12.4. The molecular formula is C19H18F2O4. The second-order valence-corrected chi connectivity index (χ2v) is 4.94. The average Bonchev–Trinajstić information content (AvgIpc) is 2.61. The van der Waals surface area contributed by atoms with Gasteiger partial charge < -0.3 is 14.2 Å². The molecule has 0 atom stereocenters. The van der Waals surface area contributed by atoms with E-state index < -0.39 is 6.61 Å². The van der Waals surface area contributed by atoms with E-state index in [0.29, 0.717) is 23.5 Å². The van der Waals surface area contributed by atoms with Gasteiger partial charge >= 0.3 is 6.61 Å². The normalized spacial score (nSPS) is 10.9. The van der Waals surface area contributed by atoms with Crippen LogP contribution in [-0.4, -0.2) is 26.1 Å². The standard InChI is InChI=1S/C19H18F2O4/c1-3-24-18-12-13(5-11-17(18)25-19(20)21)4-10-16(22)14-6-8-15(23-2)9-7-14/h4-12,19H,3H2,1-2H3. The van der Waals surface area contributed by atoms with Gasteiger partial charge in [-0.05, 0) is 55.0 Å². The van der Waals surface area contributed by atoms with Crippen molar-refractivity contribution in [3.05, 3.63) is 59.7 Å². The number of ether oxygens (including phenoxy) is 3. The number of hydrogen-bond donors (Lipinski definition) is 0. The lowest BCUT2D eigenvalue weighted by atomic mass is 10.1. The van der Waals surface area contributed by atoms with Crippen molar-refractivity contribution in [2.45, 2.75) is 13.5 Å². The second kappa shape index (κ2) is 8.82. The van der Waals surface area contributed by atoms with Crippen LogP contribution in [0.4, 0.5) is 8.78 Å². The number of alkyl halides is 2. The number of hydrogen-bond acceptors (Lipinski definition) is 4. The molecule has 2 aromatic rings. The lowest BCUT2D eigenvalue weighted by Gasteiger charge is -2.11. The second-order valence-electron chi connectivity index (χ2n) is 4.94. The Kier molecular flexibility index (Phi) is 6.51. The van der Waals surface area contributed by atoms with Crippen LogP contribution in [0.5, 0.6) is 17.2 Å². The van der Waals surface area contributed by atoms with Crippen LogP contribution in [0.2, 0.25) is 0 Å². The highest BCUT2D eigenvalue weighted by Gasteiger charge is 2.11. The maximum Gasteiger partial charge on any atom is 0.387 e. The number of allylic oxidation sites excluding steroid dienone is 1. The van der Waals surface area contributed by atoms with Gasteiger partial charge in [-0.3, -0.25) is 4.79 Å². The number of ketones is 1. The summed E-state index contributed by atoms with van der Waals surface area (Å²) in [6.45, 7) is -0.892. The molecule has 0 bridgehead atoms. The van der Waals surface area contributed by atoms with Gasteiger partial charge in [0.2, 0.25) is 0 Å². The van der Waals surface area contributed by atoms with Crippen molar-refractivity contribution >= 4 is 11.9 Å². The van der Waals surface area contributed by atoms with Crippen LogP contribution in [-0.2, 0) is 0 Å². The molecule has 0 aliphatic carbocycles. The van der Waals surface area contributed by atoms with Crippen molar-refractivity contribution in [1.29, 1.82) is 0 Å². The molecule has 2 rings (SSSR count). The van der Waals surface area contributed by atoms with Crippen LogP contribution in [0.3, 0.4) is 0 Å². The van der Waals surface area contributed by atoms with E-state index in [2.05, 4.69) is 4.74 Å². The lowest BCUT2D eigenvalue weighted by Crippen LogP contribution is -2.04. The van der Waals surface area contributed by atoms with Crippen LogP contribution in [0.25, 0.3) is 6.08 Å². The number of rotatable bonds is 8. The monoisotopic (exact) mass is 348 g/mol. The van der Waals surface area contributed by atoms with Gasteiger partial charge in [-0.25, -0.2) is 0 Å². The minimum absolute atomic E-state index is 0.0459. The van der Waals surface area contributed by atoms with Crippen LogP contribution >= 0.6 is 0 Å². The van der Waals surface area contributed by atoms with Crippen molar-refractivity contribution in [2.24, 2.45) is 0 Å². The summed E-state index contributed by atoms with van der Waals surface area (Å²) in [4.78, 5) is 12.2. The Labute approximate surface area is 144 Å². The molecular weight excluding hydrogens is 330 g/mol. The van der Waals surface area contributed by atoms with E-state index in [1.165, 1.54) is 12.1 Å². The first-order valence-electron chi connectivity index (χ1n) is 7.61. The Bertz CT molecular complexity index is 740. The van der Waals surface area contributed by atoms with E-state index in [9.17, 15) is 13.6 Å². The SMILES string of the molecule is CCOc1cc(C=CC(=O)c2ccc(OC)cc2)ccc1OC(F)F. The zero-order valence-electron chi connectivity index (χ0n) is 13.9. The molecule has 0 heterocycles. The molecule has 0 unspecified atom stereocenters. The van der Waals surface area contributed by atoms with Crippen LogP contribution in [0.15, 0.2) is 48.5 Å². The van der Waals surface area contributed by atoms with Gasteiger partial charge in [0.1, 0.15) is 5.75 Å². The van der Waals surface area contributed by atoms with E-state index in [4.69, 9.17) is 9.47 Å². The molecule has 0 radical (unpaired) electrons. The zero-order valence-corrected chi connectivity index (χ0v) is 13.9. The fourth-order valence-electron chi connectivity index (χ4n) is 2.11. The first-order valence-corrected chi connectivity index (χ1v) is 7.61. The minimum Gasteiger partial charge on any atom is -0.497 e. The van der Waals surface area contributed by atoms with Crippen LogP contribution in [0, 0.1) is 0 Å². The topological polar surface area (TPSA) is 44.8 Å². The Morgan fingerprint density at radius 1 is 1.12 bits per heavy atom. The van der Waals surface area contributed by atoms with Crippen molar-refractivity contribution in [2.75, 3.05) is 13.7 Å². The molecule has 0 fully saturated rings. The molecule has 0 aliphatic heterocycles. The molecule has 0 amide bonds. The van der Waals surface area contributed by atoms with E-state index in [-0.39, 0.29) is 17.3 Å². The highest BCUT2D eigenvalue weighted by atomic mass is 19.3. The van der Waals surface area contributed by atoms with E-state index >= 15 is 0 Å². The molecule has 0 spiro atoms. The Morgan fingerprint density at radius 2 is 1.84 bits per heavy atom. The third-order valence-corrected chi connectivity index (χ3v) is 3.29. The predicted molar refractivity (Wildman–Crippen MR) is 90.6 cm³/mol. The molecule has 0 saturated carbocycles. The average molecular weight is 348 g/mol. The van der Waals surface area contributed by atoms with E-state index in [1.807, 2.05) is 0 Å². The summed E-state index contributed by atoms with van der Waals surface area (Å²) >= 11 is 0. The smallest absolute Gasteiger partial charge is 0.387 e. The molecule has 2 aromatic carbocycles. The van der Waals surface area contributed by atoms with Crippen LogP contribution in [0.1, 0.15) is 22.8 Å². The summed E-state index contributed by atoms with van der Waals surface area (Å²) in [5.41, 5.74) is 1.15. The van der Waals surface area contributed by atoms with Gasteiger partial charge in [0, 0.05) is 5.56 Å². The zero-order chi connectivity index (χ0) is 18.2. The van der Waals surface area contributed by atoms with Crippen molar-refractivity contribution in [1.82, 2.24) is 0 Å². The minimum atomic E-state index is -2.93. The molecule has 0 N–H and O–H groups in total. The summed E-state index contributed by atoms with van der Waals surface area (Å²) in [5.74, 6) is 0.627. The number of benzene rings is 2. The van der Waals surface area contributed by atoms with Gasteiger partial charge in [-0.1, -0.05) is 12.1 Å². The molecule has 0 aromatic heterocycles. The van der Waals surface area contributed by atoms with Gasteiger partial charge in [0.15, 0.2) is 17.3 Å². The summed E-state index contributed by atoms with van der Waals surface area (Å²) in [6.07, 6.45) is 2.99. The van der Waals surface area contributed by atoms with Crippen molar-refractivity contribution in [3.63, 3.8) is 0 Å². The number of carbonyl (C=O) groups excluding carboxylic acids is 1. The van der Waals surface area contributed by atoms with Crippen LogP contribution < -0.4 is 14.2 Å². The van der Waals surface area contributed by atoms with Gasteiger partial charge in [-0.15, -0.1) is 0 Å². The third-order valence-electron chi connectivity index (χ3n) is 3.29. The largest absolute Gasteiger partial charge is 0.497 e. The van der Waals surface area contributed by atoms with Crippen molar-refractivity contribution < 1.29 is 27.8 Å². The third kappa shape index (κ3) is 5.31. The summed E-state index contributed by atoms with van der Waals surface area (Å²) < 4.78 is 39.5. The summed E-state index contributed by atoms with van der Waals surface area (Å²) in [5, 5.41) is 0. The molecule has 6 heteroatoms. The molecule has 0 saturated heterocycles. The fourth-order valence-corrected chi connectivity index (χ4v) is 2.11. The fraction of sp³-hybridized carbons (Fsp3) is 0.211. The number of methoxy groups -OCH3 is 1. The molecule has 0 aliphatic rings. The van der Waals surface area contributed by atoms with Gasteiger partial charge in [0.05, 0.1) is 13.7 Å². The Hall–Kier alpha value is -2.89. The highest BCUT2D eigenvalue weighted by Crippen LogP contribution is 2.30. The van der Waals surface area contributed by atoms with E-state index in [1.54, 1.807) is 56.5 Å². The van der Waals surface area contributed by atoms with Crippen molar-refractivity contribution in [3.8, 4) is 17.2 Å². The van der Waals surface area contributed by atoms with E-state index in [0.717, 1.165) is 0 Å². The van der Waals surface area contributed by atoms with Gasteiger partial charge in [0.25, 0.3) is 0 Å². The number of halogens is 2. The quantitative estimate of drug-likeness (QED) is 0.517. The molecule has 25 heavy (non-hydrogen) atoms. The Morgan fingerprint density at radius 3 is 2.44 bits per heavy atom.